The number of nitro groups is 1. The number of amides is 1. The molecule has 0 bridgehead atoms. The van der Waals surface area contributed by atoms with Crippen LogP contribution in [0.15, 0.2) is 42.5 Å². The van der Waals surface area contributed by atoms with Gasteiger partial charge in [-0.25, -0.2) is 0 Å². The van der Waals surface area contributed by atoms with Gasteiger partial charge in [0.05, 0.1) is 28.4 Å². The first-order valence-electron chi connectivity index (χ1n) is 8.54. The Bertz CT molecular complexity index is 1090. The van der Waals surface area contributed by atoms with Crippen molar-refractivity contribution >= 4 is 46.0 Å². The second-order valence-electron chi connectivity index (χ2n) is 6.02. The van der Waals surface area contributed by atoms with E-state index < -0.39 is 16.8 Å². The third-order valence-corrected chi connectivity index (χ3v) is 4.53. The standard InChI is InChI=1S/C20H14ClN3O5/c1-2-29-18(25)11-23-17-8-5-13(21)9-15(17)19(20(23)26)16(10-22)12-3-6-14(7-4-12)24(27)28/h3-9H,2,11H2,1H3/b19-16+. The number of nitro benzene ring substituents is 1. The van der Waals surface area contributed by atoms with E-state index in [-0.39, 0.29) is 30.0 Å². The van der Waals surface area contributed by atoms with Gasteiger partial charge in [-0.2, -0.15) is 5.26 Å². The fourth-order valence-corrected chi connectivity index (χ4v) is 3.22. The SMILES string of the molecule is CCOC(=O)CN1C(=O)/C(=C(\C#N)c2ccc([N+](=O)[O-])cc2)c2cc(Cl)ccc21. The summed E-state index contributed by atoms with van der Waals surface area (Å²) in [6.07, 6.45) is 0. The summed E-state index contributed by atoms with van der Waals surface area (Å²) in [4.78, 5) is 36.6. The number of carbonyl (C=O) groups is 2. The van der Waals surface area contributed by atoms with Crippen molar-refractivity contribution < 1.29 is 19.2 Å². The highest BCUT2D eigenvalue weighted by molar-refractivity contribution is 6.40. The molecule has 9 heteroatoms. The maximum atomic E-state index is 13.1. The second-order valence-corrected chi connectivity index (χ2v) is 6.46. The number of halogens is 1. The number of fused-ring (bicyclic) bond motifs is 1. The van der Waals surface area contributed by atoms with E-state index in [1.807, 2.05) is 6.07 Å². The van der Waals surface area contributed by atoms with Crippen molar-refractivity contribution in [3.8, 4) is 6.07 Å². The number of hydrogen-bond acceptors (Lipinski definition) is 6. The predicted octanol–water partition coefficient (Wildman–Crippen LogP) is 3.59. The molecule has 3 rings (SSSR count). The molecule has 0 aromatic heterocycles. The molecule has 1 aliphatic rings. The van der Waals surface area contributed by atoms with Crippen molar-refractivity contribution in [1.82, 2.24) is 0 Å². The molecular weight excluding hydrogens is 398 g/mol. The maximum Gasteiger partial charge on any atom is 0.326 e. The van der Waals surface area contributed by atoms with Gasteiger partial charge in [0.1, 0.15) is 12.6 Å². The van der Waals surface area contributed by atoms with Gasteiger partial charge in [-0.05, 0) is 42.8 Å². The van der Waals surface area contributed by atoms with Crippen LogP contribution in [0.2, 0.25) is 5.02 Å². The molecular formula is C20H14ClN3O5. The Labute approximate surface area is 170 Å². The zero-order valence-electron chi connectivity index (χ0n) is 15.2. The van der Waals surface area contributed by atoms with Crippen LogP contribution in [0, 0.1) is 21.4 Å². The third kappa shape index (κ3) is 3.81. The topological polar surface area (TPSA) is 114 Å². The van der Waals surface area contributed by atoms with Crippen LogP contribution >= 0.6 is 11.6 Å². The number of hydrogen-bond donors (Lipinski definition) is 0. The van der Waals surface area contributed by atoms with E-state index >= 15 is 0 Å². The lowest BCUT2D eigenvalue weighted by Crippen LogP contribution is -2.33. The number of nitrogens with zero attached hydrogens (tertiary/aromatic N) is 3. The molecule has 0 atom stereocenters. The maximum absolute atomic E-state index is 13.1. The van der Waals surface area contributed by atoms with Crippen molar-refractivity contribution in [1.29, 1.82) is 5.26 Å². The summed E-state index contributed by atoms with van der Waals surface area (Å²) in [6.45, 7) is 1.51. The largest absolute Gasteiger partial charge is 0.465 e. The molecule has 0 aliphatic carbocycles. The summed E-state index contributed by atoms with van der Waals surface area (Å²) >= 11 is 6.09. The van der Waals surface area contributed by atoms with Crippen molar-refractivity contribution in [2.75, 3.05) is 18.1 Å². The van der Waals surface area contributed by atoms with Crippen molar-refractivity contribution in [3.63, 3.8) is 0 Å². The van der Waals surface area contributed by atoms with Gasteiger partial charge < -0.3 is 4.74 Å². The van der Waals surface area contributed by atoms with Crippen LogP contribution in [0.3, 0.4) is 0 Å². The Hall–Kier alpha value is -3.70. The van der Waals surface area contributed by atoms with Crippen LogP contribution < -0.4 is 4.90 Å². The number of allylic oxidation sites excluding steroid dienone is 1. The minimum atomic E-state index is -0.586. The van der Waals surface area contributed by atoms with E-state index in [0.29, 0.717) is 21.8 Å². The van der Waals surface area contributed by atoms with Gasteiger partial charge in [-0.1, -0.05) is 11.6 Å². The Kier molecular flexibility index (Phi) is 5.61. The number of benzene rings is 2. The van der Waals surface area contributed by atoms with Crippen molar-refractivity contribution in [2.45, 2.75) is 6.92 Å². The van der Waals surface area contributed by atoms with Crippen LogP contribution in [0.1, 0.15) is 18.1 Å². The third-order valence-electron chi connectivity index (χ3n) is 4.30. The molecule has 2 aromatic carbocycles. The Morgan fingerprint density at radius 1 is 1.28 bits per heavy atom. The lowest BCUT2D eigenvalue weighted by Gasteiger charge is -2.15. The molecule has 0 radical (unpaired) electrons. The van der Waals surface area contributed by atoms with Gasteiger partial charge >= 0.3 is 5.97 Å². The first-order chi connectivity index (χ1) is 13.9. The molecule has 146 valence electrons. The van der Waals surface area contributed by atoms with Gasteiger partial charge in [0, 0.05) is 22.7 Å². The molecule has 0 fully saturated rings. The highest BCUT2D eigenvalue weighted by atomic mass is 35.5. The summed E-state index contributed by atoms with van der Waals surface area (Å²) in [5, 5.41) is 21.0. The highest BCUT2D eigenvalue weighted by Gasteiger charge is 2.36. The zero-order chi connectivity index (χ0) is 21.1. The quantitative estimate of drug-likeness (QED) is 0.244. The van der Waals surface area contributed by atoms with E-state index in [1.54, 1.807) is 19.1 Å². The van der Waals surface area contributed by atoms with E-state index in [4.69, 9.17) is 16.3 Å². The molecule has 0 N–H and O–H groups in total. The number of nitriles is 1. The van der Waals surface area contributed by atoms with Gasteiger partial charge in [-0.15, -0.1) is 0 Å². The van der Waals surface area contributed by atoms with Crippen molar-refractivity contribution in [2.24, 2.45) is 0 Å². The normalized spacial score (nSPS) is 14.2. The lowest BCUT2D eigenvalue weighted by molar-refractivity contribution is -0.384. The van der Waals surface area contributed by atoms with E-state index in [2.05, 4.69) is 0 Å². The smallest absolute Gasteiger partial charge is 0.326 e. The van der Waals surface area contributed by atoms with Crippen LogP contribution in [0.4, 0.5) is 11.4 Å². The molecule has 1 amide bonds. The van der Waals surface area contributed by atoms with E-state index in [9.17, 15) is 25.0 Å². The highest BCUT2D eigenvalue weighted by Crippen LogP contribution is 2.42. The van der Waals surface area contributed by atoms with Crippen LogP contribution in [-0.4, -0.2) is 30.0 Å². The summed E-state index contributed by atoms with van der Waals surface area (Å²) in [6, 6.07) is 12.0. The molecule has 0 saturated carbocycles. The first kappa shape index (κ1) is 20.0. The first-order valence-corrected chi connectivity index (χ1v) is 8.91. The number of anilines is 1. The molecule has 29 heavy (non-hydrogen) atoms. The second kappa shape index (κ2) is 8.12. The van der Waals surface area contributed by atoms with E-state index in [0.717, 1.165) is 0 Å². The summed E-state index contributed by atoms with van der Waals surface area (Å²) in [5.41, 5.74) is 1.13. The van der Waals surface area contributed by atoms with Crippen LogP contribution in [0.25, 0.3) is 11.1 Å². The minimum absolute atomic E-state index is 0.0276. The molecule has 1 aliphatic heterocycles. The number of rotatable bonds is 5. The zero-order valence-corrected chi connectivity index (χ0v) is 16.0. The molecule has 1 heterocycles. The lowest BCUT2D eigenvalue weighted by atomic mass is 9.96. The Morgan fingerprint density at radius 2 is 1.97 bits per heavy atom. The van der Waals surface area contributed by atoms with Gasteiger partial charge in [0.15, 0.2) is 0 Å². The van der Waals surface area contributed by atoms with Gasteiger partial charge in [0.25, 0.3) is 11.6 Å². The number of non-ortho nitro benzene ring substituents is 1. The van der Waals surface area contributed by atoms with Crippen LogP contribution in [0.5, 0.6) is 0 Å². The predicted molar refractivity (Wildman–Crippen MR) is 106 cm³/mol. The average Bonchev–Trinajstić information content (AvgIpc) is 2.94. The Balaban J connectivity index is 2.15. The van der Waals surface area contributed by atoms with E-state index in [1.165, 1.54) is 35.2 Å². The van der Waals surface area contributed by atoms with Gasteiger partial charge in [-0.3, -0.25) is 24.6 Å². The summed E-state index contributed by atoms with van der Waals surface area (Å²) in [5.74, 6) is -1.14. The molecule has 0 saturated heterocycles. The molecule has 0 unspecified atom stereocenters. The fraction of sp³-hybridized carbons (Fsp3) is 0.150. The molecule has 0 spiro atoms. The fourth-order valence-electron chi connectivity index (χ4n) is 3.05. The molecule has 8 nitrogen and oxygen atoms in total. The number of carbonyl (C=O) groups excluding carboxylic acids is 2. The average molecular weight is 412 g/mol. The summed E-state index contributed by atoms with van der Waals surface area (Å²) in [7, 11) is 0. The molecule has 2 aromatic rings. The monoisotopic (exact) mass is 411 g/mol. The van der Waals surface area contributed by atoms with Crippen LogP contribution in [-0.2, 0) is 14.3 Å². The number of esters is 1. The minimum Gasteiger partial charge on any atom is -0.465 e. The summed E-state index contributed by atoms with van der Waals surface area (Å²) < 4.78 is 4.93. The van der Waals surface area contributed by atoms with Crippen molar-refractivity contribution in [3.05, 3.63) is 68.7 Å². The number of ether oxygens (including phenoxy) is 1. The van der Waals surface area contributed by atoms with Gasteiger partial charge in [0.2, 0.25) is 0 Å². The Morgan fingerprint density at radius 3 is 2.55 bits per heavy atom.